The van der Waals surface area contributed by atoms with Gasteiger partial charge in [0.25, 0.3) is 0 Å². The Morgan fingerprint density at radius 2 is 1.47 bits per heavy atom. The standard InChI is InChI=1S/C16H14O3/c1-11(17)14-5-3-4-6-15(14)16(18)12-7-9-13(19-2)10-8-12/h3-10H,1-2H3. The fraction of sp³-hybridized carbons (Fsp3) is 0.125. The van der Waals surface area contributed by atoms with Gasteiger partial charge in [0.15, 0.2) is 11.6 Å². The molecule has 2 rings (SSSR count). The van der Waals surface area contributed by atoms with Gasteiger partial charge in [0, 0.05) is 16.7 Å². The molecular formula is C16H14O3. The number of hydrogen-bond donors (Lipinski definition) is 0. The van der Waals surface area contributed by atoms with E-state index in [1.54, 1.807) is 55.6 Å². The summed E-state index contributed by atoms with van der Waals surface area (Å²) in [6.07, 6.45) is 0. The number of ether oxygens (including phenoxy) is 1. The molecule has 0 aliphatic rings. The van der Waals surface area contributed by atoms with Crippen LogP contribution in [0.3, 0.4) is 0 Å². The molecule has 2 aromatic rings. The highest BCUT2D eigenvalue weighted by Gasteiger charge is 2.15. The van der Waals surface area contributed by atoms with Gasteiger partial charge in [-0.1, -0.05) is 24.3 Å². The molecule has 0 saturated carbocycles. The van der Waals surface area contributed by atoms with Crippen molar-refractivity contribution in [3.8, 4) is 5.75 Å². The minimum absolute atomic E-state index is 0.113. The fourth-order valence-corrected chi connectivity index (χ4v) is 1.89. The number of hydrogen-bond acceptors (Lipinski definition) is 3. The molecule has 96 valence electrons. The van der Waals surface area contributed by atoms with Crippen LogP contribution in [0.4, 0.5) is 0 Å². The second-order valence-corrected chi connectivity index (χ2v) is 4.16. The van der Waals surface area contributed by atoms with Crippen molar-refractivity contribution in [2.75, 3.05) is 7.11 Å². The summed E-state index contributed by atoms with van der Waals surface area (Å²) in [7, 11) is 1.57. The average Bonchev–Trinajstić information content (AvgIpc) is 2.46. The van der Waals surface area contributed by atoms with E-state index in [9.17, 15) is 9.59 Å². The summed E-state index contributed by atoms with van der Waals surface area (Å²) in [5.41, 5.74) is 1.41. The minimum Gasteiger partial charge on any atom is -0.497 e. The van der Waals surface area contributed by atoms with Gasteiger partial charge in [-0.25, -0.2) is 0 Å². The molecule has 0 saturated heterocycles. The zero-order chi connectivity index (χ0) is 13.8. The van der Waals surface area contributed by atoms with Gasteiger partial charge in [0.05, 0.1) is 7.11 Å². The monoisotopic (exact) mass is 254 g/mol. The number of methoxy groups -OCH3 is 1. The van der Waals surface area contributed by atoms with E-state index in [1.165, 1.54) is 6.92 Å². The van der Waals surface area contributed by atoms with Crippen molar-refractivity contribution >= 4 is 11.6 Å². The van der Waals surface area contributed by atoms with Gasteiger partial charge in [0.1, 0.15) is 5.75 Å². The minimum atomic E-state index is -0.159. The van der Waals surface area contributed by atoms with E-state index >= 15 is 0 Å². The van der Waals surface area contributed by atoms with Crippen LogP contribution in [0, 0.1) is 0 Å². The van der Waals surface area contributed by atoms with Gasteiger partial charge < -0.3 is 4.74 Å². The maximum absolute atomic E-state index is 12.4. The summed E-state index contributed by atoms with van der Waals surface area (Å²) in [4.78, 5) is 23.9. The van der Waals surface area contributed by atoms with Crippen molar-refractivity contribution in [1.82, 2.24) is 0 Å². The normalized spacial score (nSPS) is 10.0. The first-order valence-electron chi connectivity index (χ1n) is 5.92. The zero-order valence-electron chi connectivity index (χ0n) is 10.8. The third-order valence-corrected chi connectivity index (χ3v) is 2.90. The Bertz CT molecular complexity index is 612. The number of carbonyl (C=O) groups is 2. The summed E-state index contributed by atoms with van der Waals surface area (Å²) >= 11 is 0. The molecule has 19 heavy (non-hydrogen) atoms. The van der Waals surface area contributed by atoms with Crippen molar-refractivity contribution in [2.24, 2.45) is 0 Å². The second-order valence-electron chi connectivity index (χ2n) is 4.16. The lowest BCUT2D eigenvalue weighted by Gasteiger charge is -2.06. The Hall–Kier alpha value is -2.42. The van der Waals surface area contributed by atoms with Crippen LogP contribution in [-0.2, 0) is 0 Å². The van der Waals surface area contributed by atoms with Gasteiger partial charge in [-0.2, -0.15) is 0 Å². The molecule has 3 heteroatoms. The molecule has 0 aliphatic carbocycles. The molecule has 2 aromatic carbocycles. The molecule has 0 spiro atoms. The predicted octanol–water partition coefficient (Wildman–Crippen LogP) is 3.13. The molecule has 0 radical (unpaired) electrons. The molecule has 0 aromatic heterocycles. The van der Waals surface area contributed by atoms with E-state index in [2.05, 4.69) is 0 Å². The van der Waals surface area contributed by atoms with E-state index in [1.807, 2.05) is 0 Å². The van der Waals surface area contributed by atoms with Crippen LogP contribution in [0.2, 0.25) is 0 Å². The van der Waals surface area contributed by atoms with Crippen LogP contribution in [-0.4, -0.2) is 18.7 Å². The van der Waals surface area contributed by atoms with Crippen LogP contribution in [0.1, 0.15) is 33.2 Å². The summed E-state index contributed by atoms with van der Waals surface area (Å²) < 4.78 is 5.05. The largest absolute Gasteiger partial charge is 0.497 e. The maximum atomic E-state index is 12.4. The Balaban J connectivity index is 2.41. The topological polar surface area (TPSA) is 43.4 Å². The Labute approximate surface area is 111 Å². The summed E-state index contributed by atoms with van der Waals surface area (Å²) in [5, 5.41) is 0. The lowest BCUT2D eigenvalue weighted by molar-refractivity contribution is 0.0990. The number of ketones is 2. The molecule has 0 atom stereocenters. The van der Waals surface area contributed by atoms with E-state index in [0.717, 1.165) is 0 Å². The predicted molar refractivity (Wildman–Crippen MR) is 72.9 cm³/mol. The Morgan fingerprint density at radius 1 is 0.895 bits per heavy atom. The first-order chi connectivity index (χ1) is 9.13. The summed E-state index contributed by atoms with van der Waals surface area (Å²) in [5.74, 6) is 0.419. The van der Waals surface area contributed by atoms with Gasteiger partial charge in [-0.05, 0) is 31.2 Å². The maximum Gasteiger partial charge on any atom is 0.193 e. The number of carbonyl (C=O) groups excluding carboxylic acids is 2. The molecule has 0 bridgehead atoms. The lowest BCUT2D eigenvalue weighted by Crippen LogP contribution is -2.08. The smallest absolute Gasteiger partial charge is 0.193 e. The van der Waals surface area contributed by atoms with Crippen LogP contribution in [0.5, 0.6) is 5.75 Å². The zero-order valence-corrected chi connectivity index (χ0v) is 10.8. The first-order valence-corrected chi connectivity index (χ1v) is 5.92. The molecule has 0 heterocycles. The highest BCUT2D eigenvalue weighted by atomic mass is 16.5. The fourth-order valence-electron chi connectivity index (χ4n) is 1.89. The molecule has 0 aliphatic heterocycles. The van der Waals surface area contributed by atoms with E-state index in [0.29, 0.717) is 22.4 Å². The van der Waals surface area contributed by atoms with Crippen LogP contribution < -0.4 is 4.74 Å². The van der Waals surface area contributed by atoms with Gasteiger partial charge in [-0.15, -0.1) is 0 Å². The number of Topliss-reactive ketones (excluding diaryl/α,β-unsaturated/α-hetero) is 1. The van der Waals surface area contributed by atoms with Crippen molar-refractivity contribution in [3.05, 3.63) is 65.2 Å². The van der Waals surface area contributed by atoms with Gasteiger partial charge >= 0.3 is 0 Å². The van der Waals surface area contributed by atoms with E-state index < -0.39 is 0 Å². The summed E-state index contributed by atoms with van der Waals surface area (Å²) in [6.45, 7) is 1.46. The molecule has 0 unspecified atom stereocenters. The van der Waals surface area contributed by atoms with Gasteiger partial charge in [-0.3, -0.25) is 9.59 Å². The summed E-state index contributed by atoms with van der Waals surface area (Å²) in [6, 6.07) is 13.7. The Morgan fingerprint density at radius 3 is 2.00 bits per heavy atom. The molecule has 0 fully saturated rings. The van der Waals surface area contributed by atoms with Crippen molar-refractivity contribution in [1.29, 1.82) is 0 Å². The van der Waals surface area contributed by atoms with E-state index in [4.69, 9.17) is 4.74 Å². The van der Waals surface area contributed by atoms with Crippen LogP contribution in [0.15, 0.2) is 48.5 Å². The molecule has 3 nitrogen and oxygen atoms in total. The Kier molecular flexibility index (Phi) is 3.76. The van der Waals surface area contributed by atoms with Crippen LogP contribution in [0.25, 0.3) is 0 Å². The molecule has 0 amide bonds. The lowest BCUT2D eigenvalue weighted by atomic mass is 9.96. The number of benzene rings is 2. The SMILES string of the molecule is COc1ccc(C(=O)c2ccccc2C(C)=O)cc1. The van der Waals surface area contributed by atoms with Crippen molar-refractivity contribution < 1.29 is 14.3 Å². The third-order valence-electron chi connectivity index (χ3n) is 2.90. The van der Waals surface area contributed by atoms with Crippen molar-refractivity contribution in [3.63, 3.8) is 0 Å². The molecular weight excluding hydrogens is 240 g/mol. The quantitative estimate of drug-likeness (QED) is 0.787. The number of rotatable bonds is 4. The van der Waals surface area contributed by atoms with Crippen LogP contribution >= 0.6 is 0 Å². The second kappa shape index (κ2) is 5.48. The van der Waals surface area contributed by atoms with E-state index in [-0.39, 0.29) is 11.6 Å². The first kappa shape index (κ1) is 13.0. The van der Waals surface area contributed by atoms with Gasteiger partial charge in [0.2, 0.25) is 0 Å². The highest BCUT2D eigenvalue weighted by Crippen LogP contribution is 2.18. The highest BCUT2D eigenvalue weighted by molar-refractivity contribution is 6.15. The van der Waals surface area contributed by atoms with Crippen molar-refractivity contribution in [2.45, 2.75) is 6.92 Å². The third kappa shape index (κ3) is 2.71. The molecule has 0 N–H and O–H groups in total. The average molecular weight is 254 g/mol.